The summed E-state index contributed by atoms with van der Waals surface area (Å²) in [7, 11) is 0. The van der Waals surface area contributed by atoms with E-state index in [0.717, 1.165) is 19.6 Å². The summed E-state index contributed by atoms with van der Waals surface area (Å²) in [5.74, 6) is 0.314. The van der Waals surface area contributed by atoms with Crippen LogP contribution in [0.3, 0.4) is 0 Å². The number of amides is 1. The van der Waals surface area contributed by atoms with Gasteiger partial charge in [-0.15, -0.1) is 0 Å². The fourth-order valence-electron chi connectivity index (χ4n) is 4.02. The van der Waals surface area contributed by atoms with Crippen molar-refractivity contribution in [3.8, 4) is 0 Å². The summed E-state index contributed by atoms with van der Waals surface area (Å²) in [5, 5.41) is 3.61. The number of likely N-dealkylation sites (N-methyl/N-ethyl adjacent to an activating group) is 1. The minimum Gasteiger partial charge on any atom is -0.342 e. The molecule has 0 aromatic carbocycles. The molecule has 0 aromatic rings. The molecular weight excluding hydrogens is 250 g/mol. The Morgan fingerprint density at radius 1 is 1.15 bits per heavy atom. The molecule has 2 rings (SSSR count). The van der Waals surface area contributed by atoms with Crippen molar-refractivity contribution in [2.24, 2.45) is 0 Å². The summed E-state index contributed by atoms with van der Waals surface area (Å²) >= 11 is 0. The average molecular weight is 281 g/mol. The number of hydrogen-bond donors (Lipinski definition) is 1. The van der Waals surface area contributed by atoms with E-state index < -0.39 is 0 Å². The van der Waals surface area contributed by atoms with Gasteiger partial charge in [-0.25, -0.2) is 0 Å². The molecule has 0 aliphatic carbocycles. The van der Waals surface area contributed by atoms with E-state index in [1.807, 2.05) is 4.90 Å². The summed E-state index contributed by atoms with van der Waals surface area (Å²) in [4.78, 5) is 16.9. The molecule has 2 fully saturated rings. The lowest BCUT2D eigenvalue weighted by Gasteiger charge is -2.49. The van der Waals surface area contributed by atoms with Crippen molar-refractivity contribution in [3.63, 3.8) is 0 Å². The maximum atomic E-state index is 12.4. The van der Waals surface area contributed by atoms with Gasteiger partial charge in [-0.1, -0.05) is 13.3 Å². The van der Waals surface area contributed by atoms with Gasteiger partial charge < -0.3 is 10.2 Å². The number of fused-ring (bicyclic) bond motifs is 2. The van der Waals surface area contributed by atoms with E-state index in [2.05, 4.69) is 31.0 Å². The van der Waals surface area contributed by atoms with E-state index in [9.17, 15) is 4.79 Å². The van der Waals surface area contributed by atoms with Gasteiger partial charge >= 0.3 is 0 Å². The summed E-state index contributed by atoms with van der Waals surface area (Å²) in [5.41, 5.74) is 0. The normalized spacial score (nSPS) is 30.2. The third kappa shape index (κ3) is 3.53. The Kier molecular flexibility index (Phi) is 5.85. The third-order valence-electron chi connectivity index (χ3n) is 5.05. The second-order valence-electron chi connectivity index (χ2n) is 6.20. The van der Waals surface area contributed by atoms with Crippen LogP contribution in [0.2, 0.25) is 0 Å². The van der Waals surface area contributed by atoms with Crippen molar-refractivity contribution in [1.82, 2.24) is 15.1 Å². The van der Waals surface area contributed by atoms with Crippen LogP contribution in [0.1, 0.15) is 52.9 Å². The van der Waals surface area contributed by atoms with Gasteiger partial charge in [-0.2, -0.15) is 0 Å². The van der Waals surface area contributed by atoms with Crippen LogP contribution in [0, 0.1) is 0 Å². The molecule has 2 saturated heterocycles. The Labute approximate surface area is 123 Å². The van der Waals surface area contributed by atoms with Gasteiger partial charge in [0.1, 0.15) is 0 Å². The van der Waals surface area contributed by atoms with Gasteiger partial charge in [-0.3, -0.25) is 9.69 Å². The van der Waals surface area contributed by atoms with Crippen molar-refractivity contribution in [2.75, 3.05) is 26.2 Å². The van der Waals surface area contributed by atoms with Crippen molar-refractivity contribution in [2.45, 2.75) is 71.0 Å². The van der Waals surface area contributed by atoms with Crippen LogP contribution in [-0.4, -0.2) is 60.0 Å². The quantitative estimate of drug-likeness (QED) is 0.807. The Bertz CT molecular complexity index is 303. The predicted molar refractivity (Wildman–Crippen MR) is 82.8 cm³/mol. The van der Waals surface area contributed by atoms with Gasteiger partial charge in [0.25, 0.3) is 0 Å². The number of carbonyl (C=O) groups is 1. The highest BCUT2D eigenvalue weighted by molar-refractivity contribution is 5.78. The lowest BCUT2D eigenvalue weighted by molar-refractivity contribution is -0.135. The first kappa shape index (κ1) is 15.8. The topological polar surface area (TPSA) is 35.6 Å². The first-order valence-corrected chi connectivity index (χ1v) is 8.46. The second-order valence-corrected chi connectivity index (χ2v) is 6.20. The van der Waals surface area contributed by atoms with Crippen LogP contribution in [-0.2, 0) is 4.79 Å². The average Bonchev–Trinajstić information content (AvgIpc) is 2.41. The SMILES string of the molecule is CCNC1CC2CCCC(C1)N2CC(=O)N(CC)CC. The highest BCUT2D eigenvalue weighted by atomic mass is 16.2. The smallest absolute Gasteiger partial charge is 0.236 e. The number of rotatable bonds is 6. The number of hydrogen-bond acceptors (Lipinski definition) is 3. The first-order valence-electron chi connectivity index (χ1n) is 8.46. The number of nitrogens with zero attached hydrogens (tertiary/aromatic N) is 2. The molecule has 1 amide bonds. The molecular formula is C16H31N3O. The van der Waals surface area contributed by atoms with E-state index >= 15 is 0 Å². The van der Waals surface area contributed by atoms with E-state index in [1.54, 1.807) is 0 Å². The largest absolute Gasteiger partial charge is 0.342 e. The standard InChI is InChI=1S/C16H31N3O/c1-4-17-13-10-14-8-7-9-15(11-13)19(14)12-16(20)18(5-2)6-3/h13-15,17H,4-12H2,1-3H3. The number of nitrogens with one attached hydrogen (secondary N) is 1. The Morgan fingerprint density at radius 2 is 1.75 bits per heavy atom. The maximum absolute atomic E-state index is 12.4. The zero-order valence-corrected chi connectivity index (χ0v) is 13.4. The van der Waals surface area contributed by atoms with E-state index in [-0.39, 0.29) is 0 Å². The zero-order valence-electron chi connectivity index (χ0n) is 13.4. The van der Waals surface area contributed by atoms with Crippen LogP contribution in [0.5, 0.6) is 0 Å². The second kappa shape index (κ2) is 7.41. The summed E-state index contributed by atoms with van der Waals surface area (Å²) in [6.07, 6.45) is 6.31. The molecule has 2 unspecified atom stereocenters. The minimum absolute atomic E-state index is 0.314. The lowest BCUT2D eigenvalue weighted by Crippen LogP contribution is -2.58. The number of carbonyl (C=O) groups excluding carboxylic acids is 1. The molecule has 0 aromatic heterocycles. The molecule has 0 spiro atoms. The molecule has 0 saturated carbocycles. The van der Waals surface area contributed by atoms with Gasteiger partial charge in [-0.05, 0) is 46.1 Å². The minimum atomic E-state index is 0.314. The Hall–Kier alpha value is -0.610. The summed E-state index contributed by atoms with van der Waals surface area (Å²) in [6, 6.07) is 1.90. The molecule has 116 valence electrons. The number of piperidine rings is 2. The van der Waals surface area contributed by atoms with E-state index in [4.69, 9.17) is 0 Å². The van der Waals surface area contributed by atoms with Crippen LogP contribution in [0.25, 0.3) is 0 Å². The van der Waals surface area contributed by atoms with Crippen LogP contribution in [0.4, 0.5) is 0 Å². The van der Waals surface area contributed by atoms with Crippen LogP contribution in [0.15, 0.2) is 0 Å². The molecule has 20 heavy (non-hydrogen) atoms. The Balaban J connectivity index is 1.96. The fourth-order valence-corrected chi connectivity index (χ4v) is 4.02. The molecule has 2 aliphatic rings. The van der Waals surface area contributed by atoms with E-state index in [0.29, 0.717) is 30.6 Å². The molecule has 2 atom stereocenters. The molecule has 2 bridgehead atoms. The van der Waals surface area contributed by atoms with E-state index in [1.165, 1.54) is 32.1 Å². The maximum Gasteiger partial charge on any atom is 0.236 e. The molecule has 2 aliphatic heterocycles. The van der Waals surface area contributed by atoms with Crippen LogP contribution < -0.4 is 5.32 Å². The first-order chi connectivity index (χ1) is 9.69. The lowest BCUT2D eigenvalue weighted by atomic mass is 9.81. The summed E-state index contributed by atoms with van der Waals surface area (Å²) in [6.45, 7) is 9.68. The van der Waals surface area contributed by atoms with Gasteiger partial charge in [0.05, 0.1) is 6.54 Å². The molecule has 4 heteroatoms. The molecule has 0 radical (unpaired) electrons. The monoisotopic (exact) mass is 281 g/mol. The fraction of sp³-hybridized carbons (Fsp3) is 0.938. The van der Waals surface area contributed by atoms with Crippen LogP contribution >= 0.6 is 0 Å². The Morgan fingerprint density at radius 3 is 2.25 bits per heavy atom. The van der Waals surface area contributed by atoms with Crippen molar-refractivity contribution < 1.29 is 4.79 Å². The zero-order chi connectivity index (χ0) is 14.5. The van der Waals surface area contributed by atoms with Crippen molar-refractivity contribution in [1.29, 1.82) is 0 Å². The van der Waals surface area contributed by atoms with Crippen molar-refractivity contribution >= 4 is 5.91 Å². The van der Waals surface area contributed by atoms with Gasteiger partial charge in [0.15, 0.2) is 0 Å². The third-order valence-corrected chi connectivity index (χ3v) is 5.05. The van der Waals surface area contributed by atoms with Crippen molar-refractivity contribution in [3.05, 3.63) is 0 Å². The van der Waals surface area contributed by atoms with Gasteiger partial charge in [0.2, 0.25) is 5.91 Å². The predicted octanol–water partition coefficient (Wildman–Crippen LogP) is 1.85. The molecule has 2 heterocycles. The molecule has 4 nitrogen and oxygen atoms in total. The van der Waals surface area contributed by atoms with Gasteiger partial charge in [0, 0.05) is 31.2 Å². The molecule has 1 N–H and O–H groups in total. The summed E-state index contributed by atoms with van der Waals surface area (Å²) < 4.78 is 0. The highest BCUT2D eigenvalue weighted by Crippen LogP contribution is 2.33. The highest BCUT2D eigenvalue weighted by Gasteiger charge is 2.38.